The fourth-order valence-electron chi connectivity index (χ4n) is 1.87. The number of esters is 1. The Balaban J connectivity index is 1.81. The van der Waals surface area contributed by atoms with E-state index in [1.165, 1.54) is 18.4 Å². The third kappa shape index (κ3) is 6.02. The van der Waals surface area contributed by atoms with Crippen molar-refractivity contribution in [1.82, 2.24) is 5.32 Å². The van der Waals surface area contributed by atoms with Crippen molar-refractivity contribution < 1.29 is 28.3 Å². The Bertz CT molecular complexity index is 726. The number of hydrogen-bond donors (Lipinski definition) is 2. The quantitative estimate of drug-likeness (QED) is 0.745. The average molecular weight is 346 g/mol. The van der Waals surface area contributed by atoms with E-state index in [-0.39, 0.29) is 18.7 Å². The van der Waals surface area contributed by atoms with Crippen LogP contribution in [0.3, 0.4) is 0 Å². The Morgan fingerprint density at radius 3 is 2.68 bits per heavy atom. The first-order valence-corrected chi connectivity index (χ1v) is 7.58. The van der Waals surface area contributed by atoms with E-state index in [9.17, 15) is 14.4 Å². The zero-order valence-corrected chi connectivity index (χ0v) is 13.6. The molecule has 0 aliphatic carbocycles. The maximum atomic E-state index is 12.0. The smallest absolute Gasteiger partial charge is 0.411 e. The number of furan rings is 1. The Morgan fingerprint density at radius 1 is 1.12 bits per heavy atom. The molecule has 8 heteroatoms. The molecule has 0 bridgehead atoms. The number of carbonyl (C=O) groups excluding carboxylic acids is 3. The molecule has 0 spiro atoms. The van der Waals surface area contributed by atoms with Gasteiger partial charge in [-0.2, -0.15) is 0 Å². The summed E-state index contributed by atoms with van der Waals surface area (Å²) in [4.78, 5) is 35.0. The molecular weight excluding hydrogens is 328 g/mol. The molecule has 2 N–H and O–H groups in total. The summed E-state index contributed by atoms with van der Waals surface area (Å²) in [6, 6.07) is 9.55. The van der Waals surface area contributed by atoms with E-state index in [0.29, 0.717) is 11.4 Å². The molecule has 0 saturated carbocycles. The Hall–Kier alpha value is -3.29. The van der Waals surface area contributed by atoms with Crippen LogP contribution in [-0.4, -0.2) is 31.2 Å². The molecule has 1 aromatic carbocycles. The molecule has 8 nitrogen and oxygen atoms in total. The number of hydrogen-bond acceptors (Lipinski definition) is 6. The summed E-state index contributed by atoms with van der Waals surface area (Å²) < 4.78 is 14.8. The van der Waals surface area contributed by atoms with Crippen LogP contribution >= 0.6 is 0 Å². The van der Waals surface area contributed by atoms with Gasteiger partial charge in [0.1, 0.15) is 5.76 Å². The molecule has 132 valence electrons. The summed E-state index contributed by atoms with van der Waals surface area (Å²) >= 11 is 0. The number of benzene rings is 1. The minimum absolute atomic E-state index is 0.202. The molecule has 0 fully saturated rings. The number of carbonyl (C=O) groups is 3. The van der Waals surface area contributed by atoms with Crippen molar-refractivity contribution in [3.63, 3.8) is 0 Å². The predicted octanol–water partition coefficient (Wildman–Crippen LogP) is 2.32. The van der Waals surface area contributed by atoms with Crippen LogP contribution in [0.4, 0.5) is 10.5 Å². The summed E-state index contributed by atoms with van der Waals surface area (Å²) in [6.45, 7) is 1.71. The van der Waals surface area contributed by atoms with Gasteiger partial charge >= 0.3 is 12.1 Å². The molecular formula is C17H18N2O6. The molecule has 2 rings (SSSR count). The highest BCUT2D eigenvalue weighted by Crippen LogP contribution is 2.12. The molecule has 1 aromatic heterocycles. The summed E-state index contributed by atoms with van der Waals surface area (Å²) in [5.41, 5.74) is 0.586. The Morgan fingerprint density at radius 2 is 1.96 bits per heavy atom. The highest BCUT2D eigenvalue weighted by molar-refractivity contribution is 5.93. The van der Waals surface area contributed by atoms with Gasteiger partial charge in [0.2, 0.25) is 0 Å². The third-order valence-electron chi connectivity index (χ3n) is 2.99. The van der Waals surface area contributed by atoms with Gasteiger partial charge in [-0.25, -0.2) is 9.59 Å². The molecule has 25 heavy (non-hydrogen) atoms. The first-order valence-electron chi connectivity index (χ1n) is 7.58. The van der Waals surface area contributed by atoms with E-state index in [2.05, 4.69) is 10.6 Å². The minimum Gasteiger partial charge on any atom is -0.467 e. The zero-order chi connectivity index (χ0) is 18.1. The lowest BCUT2D eigenvalue weighted by Gasteiger charge is -2.08. The minimum atomic E-state index is -0.680. The maximum Gasteiger partial charge on any atom is 0.411 e. The molecule has 0 atom stereocenters. The number of amides is 2. The highest BCUT2D eigenvalue weighted by Gasteiger charge is 2.12. The summed E-state index contributed by atoms with van der Waals surface area (Å²) in [5, 5.41) is 5.04. The van der Waals surface area contributed by atoms with Crippen LogP contribution in [0.15, 0.2) is 47.1 Å². The SMILES string of the molecule is CCOC(=O)Nc1cccc(C(=O)OCC(=O)NCc2ccco2)c1. The van der Waals surface area contributed by atoms with Crippen molar-refractivity contribution in [2.24, 2.45) is 0 Å². The topological polar surface area (TPSA) is 107 Å². The van der Waals surface area contributed by atoms with Gasteiger partial charge in [0.15, 0.2) is 6.61 Å². The standard InChI is InChI=1S/C17H18N2O6/c1-2-23-17(22)19-13-6-3-5-12(9-13)16(21)25-11-15(20)18-10-14-7-4-8-24-14/h3-9H,2,10-11H2,1H3,(H,18,20)(H,19,22). The van der Waals surface area contributed by atoms with Crippen LogP contribution in [0.25, 0.3) is 0 Å². The zero-order valence-electron chi connectivity index (χ0n) is 13.6. The van der Waals surface area contributed by atoms with Crippen LogP contribution in [0.1, 0.15) is 23.0 Å². The molecule has 0 saturated heterocycles. The molecule has 0 radical (unpaired) electrons. The maximum absolute atomic E-state index is 12.0. The van der Waals surface area contributed by atoms with Gasteiger partial charge in [-0.1, -0.05) is 6.07 Å². The lowest BCUT2D eigenvalue weighted by atomic mass is 10.2. The van der Waals surface area contributed by atoms with Crippen molar-refractivity contribution >= 4 is 23.7 Å². The second-order valence-corrected chi connectivity index (χ2v) is 4.86. The number of nitrogens with one attached hydrogen (secondary N) is 2. The van der Waals surface area contributed by atoms with Crippen LogP contribution in [-0.2, 0) is 20.8 Å². The number of rotatable bonds is 7. The van der Waals surface area contributed by atoms with Crippen LogP contribution in [0, 0.1) is 0 Å². The van der Waals surface area contributed by atoms with Crippen LogP contribution in [0.2, 0.25) is 0 Å². The van der Waals surface area contributed by atoms with E-state index in [4.69, 9.17) is 13.9 Å². The molecule has 1 heterocycles. The molecule has 2 amide bonds. The number of anilines is 1. The van der Waals surface area contributed by atoms with Crippen molar-refractivity contribution in [2.45, 2.75) is 13.5 Å². The largest absolute Gasteiger partial charge is 0.467 e. The van der Waals surface area contributed by atoms with Gasteiger partial charge in [0.25, 0.3) is 5.91 Å². The van der Waals surface area contributed by atoms with Gasteiger partial charge < -0.3 is 19.2 Å². The monoisotopic (exact) mass is 346 g/mol. The Kier molecular flexibility index (Phi) is 6.58. The normalized spacial score (nSPS) is 9.96. The molecule has 0 aliphatic heterocycles. The van der Waals surface area contributed by atoms with E-state index >= 15 is 0 Å². The van der Waals surface area contributed by atoms with Crippen LogP contribution in [0.5, 0.6) is 0 Å². The van der Waals surface area contributed by atoms with Crippen molar-refractivity contribution in [1.29, 1.82) is 0 Å². The first-order chi connectivity index (χ1) is 12.1. The first kappa shape index (κ1) is 18.1. The van der Waals surface area contributed by atoms with Gasteiger partial charge in [0.05, 0.1) is 25.0 Å². The second-order valence-electron chi connectivity index (χ2n) is 4.86. The van der Waals surface area contributed by atoms with Gasteiger partial charge in [-0.3, -0.25) is 10.1 Å². The summed E-state index contributed by atoms with van der Waals surface area (Å²) in [6.07, 6.45) is 0.879. The van der Waals surface area contributed by atoms with Crippen molar-refractivity contribution in [3.8, 4) is 0 Å². The van der Waals surface area contributed by atoms with E-state index in [0.717, 1.165) is 0 Å². The fourth-order valence-corrected chi connectivity index (χ4v) is 1.87. The van der Waals surface area contributed by atoms with Crippen molar-refractivity contribution in [2.75, 3.05) is 18.5 Å². The van der Waals surface area contributed by atoms with Gasteiger partial charge in [0, 0.05) is 5.69 Å². The summed E-state index contributed by atoms with van der Waals surface area (Å²) in [7, 11) is 0. The van der Waals surface area contributed by atoms with Crippen molar-refractivity contribution in [3.05, 3.63) is 54.0 Å². The lowest BCUT2D eigenvalue weighted by Crippen LogP contribution is -2.28. The highest BCUT2D eigenvalue weighted by atomic mass is 16.5. The van der Waals surface area contributed by atoms with Gasteiger partial charge in [-0.15, -0.1) is 0 Å². The third-order valence-corrected chi connectivity index (χ3v) is 2.99. The average Bonchev–Trinajstić information content (AvgIpc) is 3.12. The molecule has 0 unspecified atom stereocenters. The fraction of sp³-hybridized carbons (Fsp3) is 0.235. The van der Waals surface area contributed by atoms with Gasteiger partial charge in [-0.05, 0) is 37.3 Å². The second kappa shape index (κ2) is 9.11. The summed E-state index contributed by atoms with van der Waals surface area (Å²) in [5.74, 6) is -0.538. The predicted molar refractivity (Wildman–Crippen MR) is 87.9 cm³/mol. The lowest BCUT2D eigenvalue weighted by molar-refractivity contribution is -0.124. The van der Waals surface area contributed by atoms with Crippen LogP contribution < -0.4 is 10.6 Å². The van der Waals surface area contributed by atoms with E-state index in [1.54, 1.807) is 31.2 Å². The molecule has 0 aliphatic rings. The number of ether oxygens (including phenoxy) is 2. The van der Waals surface area contributed by atoms with E-state index in [1.807, 2.05) is 0 Å². The Labute approximate surface area is 144 Å². The van der Waals surface area contributed by atoms with E-state index < -0.39 is 24.6 Å². The molecule has 2 aromatic rings.